The standard InChI is InChI=1S/C21H30N6O4/c1-26(10-11-28-2)18-7-6-15-20(25-18)27(9-8-22)21(24-15)23-14-12-16(29-3)19(31-5)17(13-14)30-4/h6-7,12-13H,8-11,22H2,1-5H3,(H,23,24). The van der Waals surface area contributed by atoms with Crippen molar-refractivity contribution in [2.45, 2.75) is 6.54 Å². The third-order valence-corrected chi connectivity index (χ3v) is 4.87. The van der Waals surface area contributed by atoms with Crippen LogP contribution in [-0.2, 0) is 11.3 Å². The highest BCUT2D eigenvalue weighted by molar-refractivity contribution is 5.78. The van der Waals surface area contributed by atoms with Crippen LogP contribution in [0.1, 0.15) is 0 Å². The number of anilines is 3. The van der Waals surface area contributed by atoms with Gasteiger partial charge in [-0.05, 0) is 12.1 Å². The zero-order valence-electron chi connectivity index (χ0n) is 18.6. The summed E-state index contributed by atoms with van der Waals surface area (Å²) < 4.78 is 23.4. The molecule has 10 heteroatoms. The van der Waals surface area contributed by atoms with Gasteiger partial charge in [-0.2, -0.15) is 0 Å². The van der Waals surface area contributed by atoms with Gasteiger partial charge in [-0.15, -0.1) is 0 Å². The van der Waals surface area contributed by atoms with E-state index in [2.05, 4.69) is 5.32 Å². The second-order valence-corrected chi connectivity index (χ2v) is 6.84. The number of pyridine rings is 1. The summed E-state index contributed by atoms with van der Waals surface area (Å²) in [4.78, 5) is 11.6. The third-order valence-electron chi connectivity index (χ3n) is 4.87. The highest BCUT2D eigenvalue weighted by atomic mass is 16.5. The van der Waals surface area contributed by atoms with Crippen molar-refractivity contribution in [2.75, 3.05) is 65.4 Å². The van der Waals surface area contributed by atoms with Crippen LogP contribution in [0, 0.1) is 0 Å². The molecule has 0 unspecified atom stereocenters. The van der Waals surface area contributed by atoms with Crippen molar-refractivity contribution in [2.24, 2.45) is 5.73 Å². The van der Waals surface area contributed by atoms with E-state index in [9.17, 15) is 0 Å². The zero-order chi connectivity index (χ0) is 22.4. The van der Waals surface area contributed by atoms with Gasteiger partial charge >= 0.3 is 0 Å². The SMILES string of the molecule is COCCN(C)c1ccc2nc(Nc3cc(OC)c(OC)c(OC)c3)n(CCN)c2n1. The smallest absolute Gasteiger partial charge is 0.209 e. The molecule has 0 saturated heterocycles. The molecule has 0 amide bonds. The summed E-state index contributed by atoms with van der Waals surface area (Å²) in [6.45, 7) is 2.35. The van der Waals surface area contributed by atoms with Gasteiger partial charge < -0.3 is 34.9 Å². The van der Waals surface area contributed by atoms with E-state index in [0.29, 0.717) is 42.9 Å². The lowest BCUT2D eigenvalue weighted by atomic mass is 10.2. The number of hydrogen-bond donors (Lipinski definition) is 2. The maximum absolute atomic E-state index is 5.88. The lowest BCUT2D eigenvalue weighted by Crippen LogP contribution is -2.23. The maximum Gasteiger partial charge on any atom is 0.209 e. The largest absolute Gasteiger partial charge is 0.493 e. The molecule has 0 spiro atoms. The molecule has 0 atom stereocenters. The van der Waals surface area contributed by atoms with E-state index < -0.39 is 0 Å². The lowest BCUT2D eigenvalue weighted by molar-refractivity contribution is 0.206. The first kappa shape index (κ1) is 22.4. The number of ether oxygens (including phenoxy) is 4. The Kier molecular flexibility index (Phi) is 7.37. The van der Waals surface area contributed by atoms with Crippen LogP contribution in [0.5, 0.6) is 17.2 Å². The van der Waals surface area contributed by atoms with Crippen LogP contribution >= 0.6 is 0 Å². The average molecular weight is 431 g/mol. The van der Waals surface area contributed by atoms with Crippen LogP contribution in [0.15, 0.2) is 24.3 Å². The fourth-order valence-corrected chi connectivity index (χ4v) is 3.27. The molecule has 0 aliphatic heterocycles. The number of likely N-dealkylation sites (N-methyl/N-ethyl adjacent to an activating group) is 1. The molecule has 3 rings (SSSR count). The van der Waals surface area contributed by atoms with Gasteiger partial charge in [0.05, 0.1) is 27.9 Å². The Morgan fingerprint density at radius 3 is 2.32 bits per heavy atom. The zero-order valence-corrected chi connectivity index (χ0v) is 18.6. The van der Waals surface area contributed by atoms with E-state index in [-0.39, 0.29) is 0 Å². The molecule has 3 aromatic rings. The molecule has 1 aromatic carbocycles. The summed E-state index contributed by atoms with van der Waals surface area (Å²) in [7, 11) is 8.39. The summed E-state index contributed by atoms with van der Waals surface area (Å²) in [6.07, 6.45) is 0. The molecular weight excluding hydrogens is 400 g/mol. The summed E-state index contributed by atoms with van der Waals surface area (Å²) in [5.41, 5.74) is 8.14. The molecule has 3 N–H and O–H groups in total. The van der Waals surface area contributed by atoms with Gasteiger partial charge in [-0.25, -0.2) is 9.97 Å². The number of nitrogens with zero attached hydrogens (tertiary/aromatic N) is 4. The van der Waals surface area contributed by atoms with E-state index >= 15 is 0 Å². The molecule has 0 bridgehead atoms. The van der Waals surface area contributed by atoms with Gasteiger partial charge in [0.15, 0.2) is 17.1 Å². The molecule has 31 heavy (non-hydrogen) atoms. The fourth-order valence-electron chi connectivity index (χ4n) is 3.27. The predicted molar refractivity (Wildman–Crippen MR) is 121 cm³/mol. The van der Waals surface area contributed by atoms with Gasteiger partial charge in [-0.1, -0.05) is 0 Å². The Morgan fingerprint density at radius 1 is 1.03 bits per heavy atom. The third kappa shape index (κ3) is 4.75. The molecule has 0 saturated carbocycles. The quantitative estimate of drug-likeness (QED) is 0.473. The van der Waals surface area contributed by atoms with Crippen LogP contribution in [0.3, 0.4) is 0 Å². The molecule has 2 aromatic heterocycles. The highest BCUT2D eigenvalue weighted by Gasteiger charge is 2.17. The van der Waals surface area contributed by atoms with E-state index in [1.807, 2.05) is 40.8 Å². The Hall–Kier alpha value is -3.24. The summed E-state index contributed by atoms with van der Waals surface area (Å²) in [5, 5.41) is 3.34. The molecule has 0 radical (unpaired) electrons. The van der Waals surface area contributed by atoms with Crippen molar-refractivity contribution in [1.29, 1.82) is 0 Å². The van der Waals surface area contributed by atoms with Crippen molar-refractivity contribution in [3.63, 3.8) is 0 Å². The average Bonchev–Trinajstić information content (AvgIpc) is 3.13. The van der Waals surface area contributed by atoms with Crippen molar-refractivity contribution >= 4 is 28.6 Å². The number of rotatable bonds is 11. The van der Waals surface area contributed by atoms with Gasteiger partial charge in [0.1, 0.15) is 11.3 Å². The summed E-state index contributed by atoms with van der Waals surface area (Å²) >= 11 is 0. The number of nitrogens with one attached hydrogen (secondary N) is 1. The van der Waals surface area contributed by atoms with Crippen LogP contribution in [0.25, 0.3) is 11.2 Å². The number of hydrogen-bond acceptors (Lipinski definition) is 9. The summed E-state index contributed by atoms with van der Waals surface area (Å²) in [6, 6.07) is 7.55. The van der Waals surface area contributed by atoms with E-state index in [0.717, 1.165) is 29.2 Å². The molecule has 2 heterocycles. The first-order chi connectivity index (χ1) is 15.1. The molecule has 0 aliphatic carbocycles. The van der Waals surface area contributed by atoms with Crippen LogP contribution in [0.2, 0.25) is 0 Å². The fraction of sp³-hybridized carbons (Fsp3) is 0.429. The maximum atomic E-state index is 5.88. The van der Waals surface area contributed by atoms with Crippen LogP contribution < -0.4 is 30.2 Å². The number of imidazole rings is 1. The summed E-state index contributed by atoms with van der Waals surface area (Å²) in [5.74, 6) is 3.08. The van der Waals surface area contributed by atoms with E-state index in [4.69, 9.17) is 34.6 Å². The number of aromatic nitrogens is 3. The van der Waals surface area contributed by atoms with Crippen molar-refractivity contribution in [3.05, 3.63) is 24.3 Å². The van der Waals surface area contributed by atoms with Crippen molar-refractivity contribution in [3.8, 4) is 17.2 Å². The molecule has 10 nitrogen and oxygen atoms in total. The molecule has 168 valence electrons. The predicted octanol–water partition coefficient (Wildman–Crippen LogP) is 2.24. The highest BCUT2D eigenvalue weighted by Crippen LogP contribution is 2.40. The van der Waals surface area contributed by atoms with E-state index in [1.165, 1.54) is 0 Å². The minimum atomic E-state index is 0.445. The Labute approximate surface area is 181 Å². The van der Waals surface area contributed by atoms with E-state index in [1.54, 1.807) is 28.4 Å². The topological polar surface area (TPSA) is 109 Å². The minimum absolute atomic E-state index is 0.445. The van der Waals surface area contributed by atoms with Crippen LogP contribution in [0.4, 0.5) is 17.5 Å². The number of methoxy groups -OCH3 is 4. The second-order valence-electron chi connectivity index (χ2n) is 6.84. The normalized spacial score (nSPS) is 10.9. The number of nitrogens with two attached hydrogens (primary N) is 1. The first-order valence-electron chi connectivity index (χ1n) is 9.90. The first-order valence-corrected chi connectivity index (χ1v) is 9.90. The van der Waals surface area contributed by atoms with Crippen LogP contribution in [-0.4, -0.2) is 69.7 Å². The monoisotopic (exact) mass is 430 g/mol. The number of benzene rings is 1. The minimum Gasteiger partial charge on any atom is -0.493 e. The van der Waals surface area contributed by atoms with Gasteiger partial charge in [0.25, 0.3) is 0 Å². The van der Waals surface area contributed by atoms with Crippen molar-refractivity contribution in [1.82, 2.24) is 14.5 Å². The van der Waals surface area contributed by atoms with Gasteiger partial charge in [-0.3, -0.25) is 4.57 Å². The Balaban J connectivity index is 2.01. The molecular formula is C21H30N6O4. The van der Waals surface area contributed by atoms with Gasteiger partial charge in [0.2, 0.25) is 11.7 Å². The Morgan fingerprint density at radius 2 is 1.74 bits per heavy atom. The number of fused-ring (bicyclic) bond motifs is 1. The molecule has 0 fully saturated rings. The lowest BCUT2D eigenvalue weighted by Gasteiger charge is -2.18. The second kappa shape index (κ2) is 10.2. The Bertz CT molecular complexity index is 998. The van der Waals surface area contributed by atoms with Gasteiger partial charge in [0, 0.05) is 51.6 Å². The van der Waals surface area contributed by atoms with Crippen molar-refractivity contribution < 1.29 is 18.9 Å². The molecule has 0 aliphatic rings.